The number of ether oxygens (including phenoxy) is 1. The van der Waals surface area contributed by atoms with Crippen LogP contribution in [0, 0.1) is 5.92 Å². The smallest absolute Gasteiger partial charge is 0.120 e. The number of hydrogen-bond acceptors (Lipinski definition) is 2. The number of benzene rings is 1. The first kappa shape index (κ1) is 13.0. The molecule has 0 heterocycles. The van der Waals surface area contributed by atoms with Gasteiger partial charge in [-0.1, -0.05) is 26.0 Å². The molecular weight excluding hydrogens is 198 g/mol. The normalized spacial score (nSPS) is 13.2. The van der Waals surface area contributed by atoms with E-state index in [9.17, 15) is 0 Å². The molecule has 0 spiro atoms. The zero-order chi connectivity index (χ0) is 12.1. The molecule has 2 heteroatoms. The molecule has 0 aromatic heterocycles. The van der Waals surface area contributed by atoms with E-state index in [0.717, 1.165) is 17.7 Å². The van der Waals surface area contributed by atoms with E-state index in [-0.39, 0.29) is 12.1 Å². The largest absolute Gasteiger partial charge is 0.491 e. The van der Waals surface area contributed by atoms with Crippen LogP contribution in [0.5, 0.6) is 5.75 Å². The van der Waals surface area contributed by atoms with Crippen LogP contribution in [0.15, 0.2) is 24.3 Å². The summed E-state index contributed by atoms with van der Waals surface area (Å²) < 4.78 is 5.65. The molecule has 1 atom stereocenters. The van der Waals surface area contributed by atoms with Crippen LogP contribution in [0.3, 0.4) is 0 Å². The van der Waals surface area contributed by atoms with E-state index in [2.05, 4.69) is 19.9 Å². The SMILES string of the molecule is CC(C)CC(N)c1cccc(OC(C)C)c1. The van der Waals surface area contributed by atoms with Crippen LogP contribution in [-0.2, 0) is 0 Å². The van der Waals surface area contributed by atoms with Crippen molar-refractivity contribution in [1.29, 1.82) is 0 Å². The Labute approximate surface area is 98.8 Å². The Bertz CT molecular complexity index is 320. The van der Waals surface area contributed by atoms with Gasteiger partial charge in [0.2, 0.25) is 0 Å². The summed E-state index contributed by atoms with van der Waals surface area (Å²) in [7, 11) is 0. The summed E-state index contributed by atoms with van der Waals surface area (Å²) in [5.74, 6) is 1.52. The molecule has 0 saturated heterocycles. The van der Waals surface area contributed by atoms with Crippen molar-refractivity contribution in [3.05, 3.63) is 29.8 Å². The average Bonchev–Trinajstić information content (AvgIpc) is 2.16. The second kappa shape index (κ2) is 5.90. The van der Waals surface area contributed by atoms with Crippen LogP contribution in [0.2, 0.25) is 0 Å². The van der Waals surface area contributed by atoms with E-state index in [1.165, 1.54) is 0 Å². The van der Waals surface area contributed by atoms with Gasteiger partial charge in [0.1, 0.15) is 5.75 Å². The zero-order valence-corrected chi connectivity index (χ0v) is 10.7. The van der Waals surface area contributed by atoms with Gasteiger partial charge in [-0.3, -0.25) is 0 Å². The average molecular weight is 221 g/mol. The fraction of sp³-hybridized carbons (Fsp3) is 0.571. The quantitative estimate of drug-likeness (QED) is 0.825. The highest BCUT2D eigenvalue weighted by molar-refractivity contribution is 5.30. The second-order valence-electron chi connectivity index (χ2n) is 4.98. The Hall–Kier alpha value is -1.02. The first-order valence-corrected chi connectivity index (χ1v) is 6.01. The molecule has 0 fully saturated rings. The molecule has 1 aromatic carbocycles. The lowest BCUT2D eigenvalue weighted by Gasteiger charge is -2.16. The van der Waals surface area contributed by atoms with Crippen molar-refractivity contribution in [2.75, 3.05) is 0 Å². The van der Waals surface area contributed by atoms with E-state index >= 15 is 0 Å². The Balaban J connectivity index is 2.73. The fourth-order valence-corrected chi connectivity index (χ4v) is 1.73. The lowest BCUT2D eigenvalue weighted by atomic mass is 9.98. The number of hydrogen-bond donors (Lipinski definition) is 1. The molecule has 1 rings (SSSR count). The summed E-state index contributed by atoms with van der Waals surface area (Å²) in [6.07, 6.45) is 1.21. The first-order chi connectivity index (χ1) is 7.49. The lowest BCUT2D eigenvalue weighted by Crippen LogP contribution is -2.13. The van der Waals surface area contributed by atoms with Crippen molar-refractivity contribution >= 4 is 0 Å². The van der Waals surface area contributed by atoms with Gasteiger partial charge in [-0.15, -0.1) is 0 Å². The monoisotopic (exact) mass is 221 g/mol. The summed E-state index contributed by atoms with van der Waals surface area (Å²) >= 11 is 0. The second-order valence-corrected chi connectivity index (χ2v) is 4.98. The summed E-state index contributed by atoms with van der Waals surface area (Å²) in [6.45, 7) is 8.43. The predicted octanol–water partition coefficient (Wildman–Crippen LogP) is 3.52. The Kier molecular flexibility index (Phi) is 4.81. The fourth-order valence-electron chi connectivity index (χ4n) is 1.73. The van der Waals surface area contributed by atoms with E-state index in [0.29, 0.717) is 5.92 Å². The summed E-state index contributed by atoms with van der Waals surface area (Å²) in [4.78, 5) is 0. The van der Waals surface area contributed by atoms with Gasteiger partial charge < -0.3 is 10.5 Å². The molecule has 16 heavy (non-hydrogen) atoms. The summed E-state index contributed by atoms with van der Waals surface area (Å²) in [6, 6.07) is 8.21. The van der Waals surface area contributed by atoms with Gasteiger partial charge in [0.15, 0.2) is 0 Å². The Morgan fingerprint density at radius 3 is 2.44 bits per heavy atom. The van der Waals surface area contributed by atoms with Crippen LogP contribution < -0.4 is 10.5 Å². The summed E-state index contributed by atoms with van der Waals surface area (Å²) in [5, 5.41) is 0. The van der Waals surface area contributed by atoms with Crippen LogP contribution in [0.4, 0.5) is 0 Å². The highest BCUT2D eigenvalue weighted by Gasteiger charge is 2.09. The van der Waals surface area contributed by atoms with Gasteiger partial charge in [0.05, 0.1) is 6.10 Å². The van der Waals surface area contributed by atoms with Crippen molar-refractivity contribution in [3.63, 3.8) is 0 Å². The molecule has 2 N–H and O–H groups in total. The van der Waals surface area contributed by atoms with E-state index in [1.54, 1.807) is 0 Å². The molecule has 1 aromatic rings. The van der Waals surface area contributed by atoms with Crippen molar-refractivity contribution in [1.82, 2.24) is 0 Å². The predicted molar refractivity (Wildman–Crippen MR) is 68.6 cm³/mol. The van der Waals surface area contributed by atoms with Gasteiger partial charge in [0.25, 0.3) is 0 Å². The Morgan fingerprint density at radius 2 is 1.88 bits per heavy atom. The number of rotatable bonds is 5. The van der Waals surface area contributed by atoms with Crippen molar-refractivity contribution in [2.24, 2.45) is 11.7 Å². The van der Waals surface area contributed by atoms with Crippen molar-refractivity contribution in [2.45, 2.75) is 46.3 Å². The standard InChI is InChI=1S/C14H23NO/c1-10(2)8-14(15)12-6-5-7-13(9-12)16-11(3)4/h5-7,9-11,14H,8,15H2,1-4H3. The zero-order valence-electron chi connectivity index (χ0n) is 10.7. The molecule has 0 saturated carbocycles. The molecule has 0 aliphatic carbocycles. The minimum atomic E-state index is 0.107. The molecule has 0 bridgehead atoms. The Morgan fingerprint density at radius 1 is 1.19 bits per heavy atom. The van der Waals surface area contributed by atoms with E-state index in [1.807, 2.05) is 32.0 Å². The number of nitrogens with two attached hydrogens (primary N) is 1. The van der Waals surface area contributed by atoms with Gasteiger partial charge in [-0.05, 0) is 43.9 Å². The minimum Gasteiger partial charge on any atom is -0.491 e. The topological polar surface area (TPSA) is 35.2 Å². The molecule has 1 unspecified atom stereocenters. The molecule has 0 radical (unpaired) electrons. The molecule has 0 amide bonds. The van der Waals surface area contributed by atoms with Crippen molar-refractivity contribution < 1.29 is 4.74 Å². The van der Waals surface area contributed by atoms with E-state index < -0.39 is 0 Å². The van der Waals surface area contributed by atoms with Gasteiger partial charge in [0, 0.05) is 6.04 Å². The molecule has 0 aliphatic heterocycles. The van der Waals surface area contributed by atoms with Crippen LogP contribution >= 0.6 is 0 Å². The maximum atomic E-state index is 6.14. The van der Waals surface area contributed by atoms with Crippen LogP contribution in [0.1, 0.15) is 45.7 Å². The third-order valence-electron chi connectivity index (χ3n) is 2.38. The lowest BCUT2D eigenvalue weighted by molar-refractivity contribution is 0.242. The maximum absolute atomic E-state index is 6.14. The van der Waals surface area contributed by atoms with Crippen LogP contribution in [0.25, 0.3) is 0 Å². The van der Waals surface area contributed by atoms with Gasteiger partial charge >= 0.3 is 0 Å². The minimum absolute atomic E-state index is 0.107. The van der Waals surface area contributed by atoms with Gasteiger partial charge in [-0.2, -0.15) is 0 Å². The molecular formula is C14H23NO. The maximum Gasteiger partial charge on any atom is 0.120 e. The summed E-state index contributed by atoms with van der Waals surface area (Å²) in [5.41, 5.74) is 7.30. The van der Waals surface area contributed by atoms with Gasteiger partial charge in [-0.25, -0.2) is 0 Å². The highest BCUT2D eigenvalue weighted by atomic mass is 16.5. The first-order valence-electron chi connectivity index (χ1n) is 6.01. The molecule has 2 nitrogen and oxygen atoms in total. The highest BCUT2D eigenvalue weighted by Crippen LogP contribution is 2.23. The third-order valence-corrected chi connectivity index (χ3v) is 2.38. The molecule has 0 aliphatic rings. The van der Waals surface area contributed by atoms with Crippen LogP contribution in [-0.4, -0.2) is 6.10 Å². The van der Waals surface area contributed by atoms with Crippen molar-refractivity contribution in [3.8, 4) is 5.75 Å². The third kappa shape index (κ3) is 4.23. The molecule has 90 valence electrons. The van der Waals surface area contributed by atoms with E-state index in [4.69, 9.17) is 10.5 Å².